The van der Waals surface area contributed by atoms with E-state index < -0.39 is 31.6 Å². The number of carbonyl (C=O) groups is 1. The summed E-state index contributed by atoms with van der Waals surface area (Å²) in [5.74, 6) is -2.08. The molecule has 0 fully saturated rings. The Morgan fingerprint density at radius 3 is 2.60 bits per heavy atom. The van der Waals surface area contributed by atoms with Gasteiger partial charge < -0.3 is 4.74 Å². The second kappa shape index (κ2) is 4.11. The molecule has 0 spiro atoms. The fourth-order valence-electron chi connectivity index (χ4n) is 0.823. The van der Waals surface area contributed by atoms with Crippen molar-refractivity contribution in [2.24, 2.45) is 0 Å². The Labute approximate surface area is 89.3 Å². The lowest BCUT2D eigenvalue weighted by atomic mass is 10.3. The van der Waals surface area contributed by atoms with E-state index in [-0.39, 0.29) is 0 Å². The predicted molar refractivity (Wildman–Crippen MR) is 48.6 cm³/mol. The van der Waals surface area contributed by atoms with E-state index in [1.54, 1.807) is 0 Å². The Balaban J connectivity index is 3.35. The third kappa shape index (κ3) is 2.87. The van der Waals surface area contributed by atoms with Crippen molar-refractivity contribution in [1.82, 2.24) is 4.98 Å². The molecule has 0 aliphatic carbocycles. The van der Waals surface area contributed by atoms with Gasteiger partial charge in [0.25, 0.3) is 9.05 Å². The van der Waals surface area contributed by atoms with Gasteiger partial charge in [-0.05, 0) is 6.07 Å². The summed E-state index contributed by atoms with van der Waals surface area (Å²) >= 11 is 0. The molecule has 0 unspecified atom stereocenters. The monoisotopic (exact) mass is 253 g/mol. The summed E-state index contributed by atoms with van der Waals surface area (Å²) in [5, 5.41) is 0. The van der Waals surface area contributed by atoms with E-state index in [9.17, 15) is 17.6 Å². The van der Waals surface area contributed by atoms with Crippen molar-refractivity contribution >= 4 is 25.7 Å². The van der Waals surface area contributed by atoms with E-state index in [4.69, 9.17) is 10.7 Å². The third-order valence-corrected chi connectivity index (χ3v) is 2.78. The van der Waals surface area contributed by atoms with Crippen molar-refractivity contribution in [3.05, 3.63) is 23.8 Å². The van der Waals surface area contributed by atoms with Crippen molar-refractivity contribution in [2.45, 2.75) is 4.90 Å². The van der Waals surface area contributed by atoms with E-state index >= 15 is 0 Å². The second-order valence-electron chi connectivity index (χ2n) is 2.44. The molecule has 1 heterocycles. The van der Waals surface area contributed by atoms with E-state index in [1.807, 2.05) is 0 Å². The zero-order valence-corrected chi connectivity index (χ0v) is 8.97. The number of carbonyl (C=O) groups excluding carboxylic acids is 1. The van der Waals surface area contributed by atoms with Crippen LogP contribution in [0, 0.1) is 5.95 Å². The topological polar surface area (TPSA) is 73.3 Å². The van der Waals surface area contributed by atoms with Crippen LogP contribution < -0.4 is 0 Å². The molecule has 82 valence electrons. The lowest BCUT2D eigenvalue weighted by Crippen LogP contribution is -2.07. The first kappa shape index (κ1) is 11.9. The van der Waals surface area contributed by atoms with Crippen molar-refractivity contribution in [1.29, 1.82) is 0 Å². The van der Waals surface area contributed by atoms with Crippen LogP contribution in [0.2, 0.25) is 0 Å². The third-order valence-electron chi connectivity index (χ3n) is 1.44. The van der Waals surface area contributed by atoms with Gasteiger partial charge in [-0.2, -0.15) is 4.39 Å². The van der Waals surface area contributed by atoms with Gasteiger partial charge in [0.05, 0.1) is 12.0 Å². The Bertz CT molecular complexity index is 502. The number of pyridine rings is 1. The maximum Gasteiger partial charge on any atom is 0.356 e. The van der Waals surface area contributed by atoms with Gasteiger partial charge in [-0.15, -0.1) is 0 Å². The summed E-state index contributed by atoms with van der Waals surface area (Å²) in [6.45, 7) is 0. The van der Waals surface area contributed by atoms with Crippen molar-refractivity contribution in [3.8, 4) is 0 Å². The Hall–Kier alpha value is -1.21. The lowest BCUT2D eigenvalue weighted by molar-refractivity contribution is 0.0592. The van der Waals surface area contributed by atoms with Crippen molar-refractivity contribution in [3.63, 3.8) is 0 Å². The average Bonchev–Trinajstić information content (AvgIpc) is 2.14. The van der Waals surface area contributed by atoms with Crippen LogP contribution in [0.15, 0.2) is 17.0 Å². The van der Waals surface area contributed by atoms with Crippen LogP contribution in [0.1, 0.15) is 10.5 Å². The minimum Gasteiger partial charge on any atom is -0.464 e. The number of esters is 1. The molecule has 0 atom stereocenters. The molecule has 0 saturated carbocycles. The standard InChI is InChI=1S/C7H5ClFNO4S/c1-14-7(11)5-2-4(15(8,12)13)3-6(9)10-5/h2-3H,1H3. The van der Waals surface area contributed by atoms with Gasteiger partial charge in [-0.3, -0.25) is 0 Å². The highest BCUT2D eigenvalue weighted by atomic mass is 35.7. The van der Waals surface area contributed by atoms with Gasteiger partial charge in [0.15, 0.2) is 5.69 Å². The Morgan fingerprint density at radius 1 is 1.53 bits per heavy atom. The zero-order valence-electron chi connectivity index (χ0n) is 7.40. The molecule has 0 bridgehead atoms. The Kier molecular flexibility index (Phi) is 3.25. The molecular formula is C7H5ClFNO4S. The van der Waals surface area contributed by atoms with Crippen LogP contribution in [0.25, 0.3) is 0 Å². The highest BCUT2D eigenvalue weighted by molar-refractivity contribution is 8.13. The molecule has 15 heavy (non-hydrogen) atoms. The molecule has 0 aliphatic rings. The van der Waals surface area contributed by atoms with E-state index in [0.29, 0.717) is 6.07 Å². The zero-order chi connectivity index (χ0) is 11.6. The Morgan fingerprint density at radius 2 is 2.13 bits per heavy atom. The fourth-order valence-corrected chi connectivity index (χ4v) is 1.58. The molecule has 1 aromatic heterocycles. The van der Waals surface area contributed by atoms with Crippen LogP contribution in [0.5, 0.6) is 0 Å². The van der Waals surface area contributed by atoms with Crippen LogP contribution in [-0.2, 0) is 13.8 Å². The highest BCUT2D eigenvalue weighted by Crippen LogP contribution is 2.16. The summed E-state index contributed by atoms with van der Waals surface area (Å²) in [5.41, 5.74) is -0.461. The average molecular weight is 254 g/mol. The number of methoxy groups -OCH3 is 1. The van der Waals surface area contributed by atoms with Crippen LogP contribution in [0.4, 0.5) is 4.39 Å². The smallest absolute Gasteiger partial charge is 0.356 e. The van der Waals surface area contributed by atoms with Crippen LogP contribution in [0.3, 0.4) is 0 Å². The summed E-state index contributed by atoms with van der Waals surface area (Å²) in [7, 11) is 1.93. The second-order valence-corrected chi connectivity index (χ2v) is 5.01. The number of rotatable bonds is 2. The molecule has 0 saturated heterocycles. The molecule has 0 aliphatic heterocycles. The van der Waals surface area contributed by atoms with Gasteiger partial charge in [-0.1, -0.05) is 0 Å². The molecule has 1 aromatic rings. The summed E-state index contributed by atoms with van der Waals surface area (Å²) < 4.78 is 38.8. The van der Waals surface area contributed by atoms with Gasteiger partial charge in [0, 0.05) is 16.7 Å². The molecule has 0 radical (unpaired) electrons. The van der Waals surface area contributed by atoms with Crippen molar-refractivity contribution in [2.75, 3.05) is 7.11 Å². The summed E-state index contributed by atoms with van der Waals surface area (Å²) in [4.78, 5) is 13.6. The van der Waals surface area contributed by atoms with Crippen molar-refractivity contribution < 1.29 is 22.3 Å². The van der Waals surface area contributed by atoms with Crippen LogP contribution in [-0.4, -0.2) is 26.5 Å². The molecule has 8 heteroatoms. The molecule has 0 aromatic carbocycles. The highest BCUT2D eigenvalue weighted by Gasteiger charge is 2.17. The molecule has 5 nitrogen and oxygen atoms in total. The maximum atomic E-state index is 12.8. The van der Waals surface area contributed by atoms with Gasteiger partial charge >= 0.3 is 5.97 Å². The summed E-state index contributed by atoms with van der Waals surface area (Å²) in [6, 6.07) is 1.44. The number of nitrogens with zero attached hydrogens (tertiary/aromatic N) is 1. The number of hydrogen-bond acceptors (Lipinski definition) is 5. The van der Waals surface area contributed by atoms with Gasteiger partial charge in [0.1, 0.15) is 0 Å². The maximum absolute atomic E-state index is 12.8. The summed E-state index contributed by atoms with van der Waals surface area (Å²) in [6.07, 6.45) is 0. The number of aromatic nitrogens is 1. The van der Waals surface area contributed by atoms with E-state index in [0.717, 1.165) is 13.2 Å². The molecule has 0 amide bonds. The quantitative estimate of drug-likeness (QED) is 0.445. The van der Waals surface area contributed by atoms with E-state index in [2.05, 4.69) is 9.72 Å². The predicted octanol–water partition coefficient (Wildman–Crippen LogP) is 0.935. The number of hydrogen-bond donors (Lipinski definition) is 0. The fraction of sp³-hybridized carbons (Fsp3) is 0.143. The minimum absolute atomic E-state index is 0.461. The van der Waals surface area contributed by atoms with E-state index in [1.165, 1.54) is 0 Å². The largest absolute Gasteiger partial charge is 0.464 e. The van der Waals surface area contributed by atoms with Crippen LogP contribution >= 0.6 is 10.7 Å². The number of ether oxygens (including phenoxy) is 1. The van der Waals surface area contributed by atoms with Gasteiger partial charge in [-0.25, -0.2) is 18.2 Å². The van der Waals surface area contributed by atoms with Gasteiger partial charge in [0.2, 0.25) is 5.95 Å². The SMILES string of the molecule is COC(=O)c1cc(S(=O)(=O)Cl)cc(F)n1. The minimum atomic E-state index is -4.11. The first-order valence-corrected chi connectivity index (χ1v) is 5.86. The molecule has 0 N–H and O–H groups in total. The first-order valence-electron chi connectivity index (χ1n) is 3.55. The normalized spacial score (nSPS) is 11.1. The first-order chi connectivity index (χ1) is 6.84. The molecular weight excluding hydrogens is 249 g/mol. The number of halogens is 2. The lowest BCUT2D eigenvalue weighted by Gasteiger charge is -2.00. The molecule has 1 rings (SSSR count).